The van der Waals surface area contributed by atoms with Crippen LogP contribution in [-0.4, -0.2) is 68.6 Å². The Labute approximate surface area is 194 Å². The molecule has 3 aliphatic heterocycles. The number of benzene rings is 1. The maximum atomic E-state index is 13.5. The summed E-state index contributed by atoms with van der Waals surface area (Å²) in [7, 11) is -2.42. The number of rotatable bonds is 5. The molecule has 4 aliphatic rings. The summed E-state index contributed by atoms with van der Waals surface area (Å²) in [6.45, 7) is 1.68. The van der Waals surface area contributed by atoms with Gasteiger partial charge in [-0.3, -0.25) is 14.5 Å². The lowest BCUT2D eigenvalue weighted by molar-refractivity contribution is -0.179. The maximum Gasteiger partial charge on any atom is 0.246 e. The molecule has 1 aliphatic carbocycles. The second-order valence-electron chi connectivity index (χ2n) is 9.26. The van der Waals surface area contributed by atoms with Crippen LogP contribution in [0.15, 0.2) is 23.1 Å². The molecule has 3 heterocycles. The van der Waals surface area contributed by atoms with Crippen LogP contribution in [0, 0.1) is 11.8 Å². The van der Waals surface area contributed by atoms with Gasteiger partial charge in [-0.05, 0) is 30.5 Å². The van der Waals surface area contributed by atoms with Crippen LogP contribution in [0.25, 0.3) is 0 Å². The summed E-state index contributed by atoms with van der Waals surface area (Å²) in [6, 6.07) is 4.84. The zero-order valence-electron chi connectivity index (χ0n) is 18.8. The van der Waals surface area contributed by atoms with Gasteiger partial charge in [0.2, 0.25) is 21.8 Å². The monoisotopic (exact) mass is 478 g/mol. The van der Waals surface area contributed by atoms with Crippen LogP contribution in [0.4, 0.5) is 0 Å². The molecule has 1 aromatic rings. The number of carbonyl (C=O) groups excluding carboxylic acids is 2. The highest BCUT2D eigenvalue weighted by atomic mass is 32.2. The molecule has 0 bridgehead atoms. The van der Waals surface area contributed by atoms with Gasteiger partial charge in [0, 0.05) is 25.9 Å². The van der Waals surface area contributed by atoms with E-state index in [0.717, 1.165) is 25.7 Å². The van der Waals surface area contributed by atoms with E-state index in [1.807, 2.05) is 0 Å². The molecule has 10 heteroatoms. The summed E-state index contributed by atoms with van der Waals surface area (Å²) in [6.07, 6.45) is 4.36. The van der Waals surface area contributed by atoms with Crippen LogP contribution in [0.5, 0.6) is 5.75 Å². The molecule has 0 unspecified atom stereocenters. The lowest BCUT2D eigenvalue weighted by Gasteiger charge is -2.37. The fourth-order valence-electron chi connectivity index (χ4n) is 5.58. The minimum Gasteiger partial charge on any atom is -0.495 e. The van der Waals surface area contributed by atoms with Crippen molar-refractivity contribution in [2.75, 3.05) is 33.4 Å². The van der Waals surface area contributed by atoms with Crippen LogP contribution >= 0.6 is 0 Å². The van der Waals surface area contributed by atoms with Gasteiger partial charge in [-0.25, -0.2) is 8.42 Å². The molecule has 0 aromatic heterocycles. The Hall–Kier alpha value is -2.01. The van der Waals surface area contributed by atoms with Gasteiger partial charge in [-0.1, -0.05) is 18.9 Å². The molecular formula is C23H30N2O7S. The molecule has 2 amide bonds. The average molecular weight is 479 g/mol. The summed E-state index contributed by atoms with van der Waals surface area (Å²) in [5.74, 6) is -1.17. The van der Waals surface area contributed by atoms with Crippen molar-refractivity contribution in [3.05, 3.63) is 23.8 Å². The van der Waals surface area contributed by atoms with E-state index in [9.17, 15) is 18.0 Å². The molecule has 1 aromatic carbocycles. The molecular weight excluding hydrogens is 448 g/mol. The van der Waals surface area contributed by atoms with Gasteiger partial charge in [0.1, 0.15) is 10.6 Å². The number of sulfonamides is 1. The Kier molecular flexibility index (Phi) is 5.97. The van der Waals surface area contributed by atoms with Crippen molar-refractivity contribution < 1.29 is 32.2 Å². The number of ether oxygens (including phenoxy) is 3. The van der Waals surface area contributed by atoms with E-state index < -0.39 is 15.8 Å². The summed E-state index contributed by atoms with van der Waals surface area (Å²) in [4.78, 5) is 27.1. The second kappa shape index (κ2) is 8.65. The zero-order chi connectivity index (χ0) is 23.2. The molecule has 0 N–H and O–H groups in total. The molecule has 33 heavy (non-hydrogen) atoms. The molecule has 0 radical (unpaired) electrons. The van der Waals surface area contributed by atoms with Gasteiger partial charge in [-0.2, -0.15) is 4.31 Å². The summed E-state index contributed by atoms with van der Waals surface area (Å²) in [5.41, 5.74) is 0.589. The normalized spacial score (nSPS) is 27.8. The standard InChI is InChI=1S/C23H30N2O7S/c1-30-19-7-6-16(15-25-21(26)17-4-2-3-5-18(17)22(25)27)14-20(19)33(28,29)24-10-8-23(9-11-24)31-12-13-32-23/h6-7,14,17-18H,2-5,8-13,15H2,1H3/t17-,18+. The summed E-state index contributed by atoms with van der Waals surface area (Å²) >= 11 is 0. The van der Waals surface area contributed by atoms with Gasteiger partial charge in [0.15, 0.2) is 5.79 Å². The van der Waals surface area contributed by atoms with E-state index in [1.54, 1.807) is 12.1 Å². The quantitative estimate of drug-likeness (QED) is 0.596. The Morgan fingerprint density at radius 1 is 1.03 bits per heavy atom. The third kappa shape index (κ3) is 3.96. The number of likely N-dealkylation sites (tertiary alicyclic amines) is 1. The number of methoxy groups -OCH3 is 1. The van der Waals surface area contributed by atoms with Crippen molar-refractivity contribution in [3.8, 4) is 5.75 Å². The molecule has 1 saturated carbocycles. The number of nitrogens with zero attached hydrogens (tertiary/aromatic N) is 2. The number of fused-ring (bicyclic) bond motifs is 1. The molecule has 1 spiro atoms. The van der Waals surface area contributed by atoms with E-state index in [2.05, 4.69) is 0 Å². The molecule has 5 rings (SSSR count). The number of piperidine rings is 1. The first-order chi connectivity index (χ1) is 15.8. The average Bonchev–Trinajstić information content (AvgIpc) is 3.38. The highest BCUT2D eigenvalue weighted by Gasteiger charge is 2.48. The van der Waals surface area contributed by atoms with Crippen molar-refractivity contribution in [2.45, 2.75) is 55.8 Å². The summed E-state index contributed by atoms with van der Waals surface area (Å²) < 4.78 is 45.2. The van der Waals surface area contributed by atoms with E-state index in [0.29, 0.717) is 31.6 Å². The Morgan fingerprint density at radius 2 is 1.64 bits per heavy atom. The smallest absolute Gasteiger partial charge is 0.246 e. The highest BCUT2D eigenvalue weighted by Crippen LogP contribution is 2.39. The first-order valence-corrected chi connectivity index (χ1v) is 13.1. The van der Waals surface area contributed by atoms with Crippen LogP contribution in [0.3, 0.4) is 0 Å². The first kappa shape index (κ1) is 22.8. The van der Waals surface area contributed by atoms with Crippen molar-refractivity contribution in [2.24, 2.45) is 11.8 Å². The predicted molar refractivity (Wildman–Crippen MR) is 117 cm³/mol. The van der Waals surface area contributed by atoms with E-state index in [4.69, 9.17) is 14.2 Å². The summed E-state index contributed by atoms with van der Waals surface area (Å²) in [5, 5.41) is 0. The van der Waals surface area contributed by atoms with Crippen molar-refractivity contribution >= 4 is 21.8 Å². The van der Waals surface area contributed by atoms with Gasteiger partial charge >= 0.3 is 0 Å². The third-order valence-corrected chi connectivity index (χ3v) is 9.34. The van der Waals surface area contributed by atoms with Gasteiger partial charge in [-0.15, -0.1) is 0 Å². The van der Waals surface area contributed by atoms with Crippen LogP contribution < -0.4 is 4.74 Å². The molecule has 2 atom stereocenters. The van der Waals surface area contributed by atoms with Crippen LogP contribution in [0.2, 0.25) is 0 Å². The minimum absolute atomic E-state index is 0.0446. The second-order valence-corrected chi connectivity index (χ2v) is 11.2. The molecule has 3 saturated heterocycles. The minimum atomic E-state index is -3.85. The molecule has 4 fully saturated rings. The molecule has 180 valence electrons. The predicted octanol–water partition coefficient (Wildman–Crippen LogP) is 1.90. The van der Waals surface area contributed by atoms with Crippen molar-refractivity contribution in [1.29, 1.82) is 0 Å². The topological polar surface area (TPSA) is 102 Å². The fraction of sp³-hybridized carbons (Fsp3) is 0.652. The highest BCUT2D eigenvalue weighted by molar-refractivity contribution is 7.89. The lowest BCUT2D eigenvalue weighted by atomic mass is 9.81. The van der Waals surface area contributed by atoms with Crippen LogP contribution in [0.1, 0.15) is 44.1 Å². The van der Waals surface area contributed by atoms with Crippen molar-refractivity contribution in [1.82, 2.24) is 9.21 Å². The number of imide groups is 1. The number of hydrogen-bond acceptors (Lipinski definition) is 7. The maximum absolute atomic E-state index is 13.5. The van der Waals surface area contributed by atoms with Gasteiger partial charge in [0.25, 0.3) is 0 Å². The van der Waals surface area contributed by atoms with Crippen molar-refractivity contribution in [3.63, 3.8) is 0 Å². The third-order valence-electron chi connectivity index (χ3n) is 7.42. The van der Waals surface area contributed by atoms with Gasteiger partial charge in [0.05, 0.1) is 38.7 Å². The zero-order valence-corrected chi connectivity index (χ0v) is 19.6. The Bertz CT molecular complexity index is 1020. The fourth-order valence-corrected chi connectivity index (χ4v) is 7.23. The van der Waals surface area contributed by atoms with Crippen LogP contribution in [-0.2, 0) is 35.6 Å². The van der Waals surface area contributed by atoms with Gasteiger partial charge < -0.3 is 14.2 Å². The Morgan fingerprint density at radius 3 is 2.21 bits per heavy atom. The number of carbonyl (C=O) groups is 2. The van der Waals surface area contributed by atoms with E-state index >= 15 is 0 Å². The molecule has 9 nitrogen and oxygen atoms in total. The first-order valence-electron chi connectivity index (χ1n) is 11.6. The van der Waals surface area contributed by atoms with E-state index in [-0.39, 0.29) is 53.9 Å². The number of amides is 2. The van der Waals surface area contributed by atoms with E-state index in [1.165, 1.54) is 22.4 Å². The Balaban J connectivity index is 1.37. The largest absolute Gasteiger partial charge is 0.495 e. The lowest BCUT2D eigenvalue weighted by Crippen LogP contribution is -2.47. The SMILES string of the molecule is COc1ccc(CN2C(=O)[C@H]3CCCC[C@H]3C2=O)cc1S(=O)(=O)N1CCC2(CC1)OCCO2. The number of hydrogen-bond donors (Lipinski definition) is 0.